The Hall–Kier alpha value is -2.84. The summed E-state index contributed by atoms with van der Waals surface area (Å²) in [5.74, 6) is 0.366. The Morgan fingerprint density at radius 1 is 1.19 bits per heavy atom. The molecule has 0 N–H and O–H groups in total. The highest BCUT2D eigenvalue weighted by Crippen LogP contribution is 2.26. The second-order valence-electron chi connectivity index (χ2n) is 5.82. The van der Waals surface area contributed by atoms with Crippen molar-refractivity contribution in [3.63, 3.8) is 0 Å². The molecule has 0 bridgehead atoms. The molecule has 0 fully saturated rings. The molecule has 0 aliphatic rings. The highest BCUT2D eigenvalue weighted by Gasteiger charge is 2.14. The first kappa shape index (κ1) is 17.6. The molecule has 4 rings (SSSR count). The molecular weight excluding hydrogens is 382 g/mol. The Morgan fingerprint density at radius 3 is 2.89 bits per heavy atom. The van der Waals surface area contributed by atoms with Crippen molar-refractivity contribution in [3.05, 3.63) is 63.6 Å². The van der Waals surface area contributed by atoms with Crippen molar-refractivity contribution >= 4 is 28.6 Å². The molecule has 6 nitrogen and oxygen atoms in total. The van der Waals surface area contributed by atoms with Crippen molar-refractivity contribution in [2.75, 3.05) is 0 Å². The highest BCUT2D eigenvalue weighted by atomic mass is 32.1. The van der Waals surface area contributed by atoms with Crippen LogP contribution in [0.25, 0.3) is 22.0 Å². The van der Waals surface area contributed by atoms with Crippen molar-refractivity contribution < 1.29 is 14.1 Å². The quantitative estimate of drug-likeness (QED) is 0.445. The fraction of sp³-hybridized carbons (Fsp3) is 0.158. The van der Waals surface area contributed by atoms with E-state index in [9.17, 15) is 4.79 Å². The second-order valence-corrected chi connectivity index (χ2v) is 7.46. The smallest absolute Gasteiger partial charge is 0.312 e. The van der Waals surface area contributed by atoms with Crippen LogP contribution in [0.3, 0.4) is 0 Å². The summed E-state index contributed by atoms with van der Waals surface area (Å²) in [4.78, 5) is 20.8. The van der Waals surface area contributed by atoms with Crippen LogP contribution in [0.15, 0.2) is 51.0 Å². The summed E-state index contributed by atoms with van der Waals surface area (Å²) in [7, 11) is 0. The molecule has 8 heteroatoms. The molecule has 3 heterocycles. The Kier molecular flexibility index (Phi) is 5.08. The van der Waals surface area contributed by atoms with Gasteiger partial charge < -0.3 is 9.26 Å². The number of carbonyl (C=O) groups excluding carboxylic acids is 1. The van der Waals surface area contributed by atoms with E-state index in [1.54, 1.807) is 11.3 Å². The maximum Gasteiger partial charge on any atom is 0.312 e. The summed E-state index contributed by atoms with van der Waals surface area (Å²) in [6.07, 6.45) is 0.111. The van der Waals surface area contributed by atoms with Gasteiger partial charge in [-0.15, -0.1) is 11.3 Å². The fourth-order valence-corrected chi connectivity index (χ4v) is 4.03. The van der Waals surface area contributed by atoms with E-state index in [-0.39, 0.29) is 24.9 Å². The normalized spacial score (nSPS) is 10.9. The van der Waals surface area contributed by atoms with Gasteiger partial charge in [0.05, 0.1) is 12.1 Å². The standard InChI is InChI=1S/C19H15N3O3S2/c1-12-4-2-3-5-15(12)18-21-16(25-22-18)9-24-17(23)8-14-11-27-19(20-14)13-6-7-26-10-13/h2-7,10-11H,8-9H2,1H3. The third kappa shape index (κ3) is 4.12. The topological polar surface area (TPSA) is 78.1 Å². The van der Waals surface area contributed by atoms with Crippen molar-refractivity contribution in [1.82, 2.24) is 15.1 Å². The molecule has 4 aromatic rings. The van der Waals surface area contributed by atoms with Crippen molar-refractivity contribution in [3.8, 4) is 22.0 Å². The van der Waals surface area contributed by atoms with Gasteiger partial charge in [0.25, 0.3) is 5.89 Å². The molecule has 0 radical (unpaired) electrons. The number of hydrogen-bond donors (Lipinski definition) is 0. The Balaban J connectivity index is 1.34. The molecule has 0 unspecified atom stereocenters. The average Bonchev–Trinajstić information content (AvgIpc) is 3.41. The average molecular weight is 397 g/mol. The monoisotopic (exact) mass is 397 g/mol. The lowest BCUT2D eigenvalue weighted by molar-refractivity contribution is -0.144. The number of carbonyl (C=O) groups is 1. The van der Waals surface area contributed by atoms with Crippen LogP contribution >= 0.6 is 22.7 Å². The van der Waals surface area contributed by atoms with Crippen LogP contribution in [-0.2, 0) is 22.6 Å². The van der Waals surface area contributed by atoms with E-state index in [4.69, 9.17) is 9.26 Å². The lowest BCUT2D eigenvalue weighted by atomic mass is 10.1. The number of hydrogen-bond acceptors (Lipinski definition) is 8. The lowest BCUT2D eigenvalue weighted by Crippen LogP contribution is -2.08. The van der Waals surface area contributed by atoms with Crippen LogP contribution in [0.2, 0.25) is 0 Å². The summed E-state index contributed by atoms with van der Waals surface area (Å²) in [6.45, 7) is 1.92. The Bertz CT molecular complexity index is 1050. The number of nitrogens with zero attached hydrogens (tertiary/aromatic N) is 3. The van der Waals surface area contributed by atoms with Crippen molar-refractivity contribution in [1.29, 1.82) is 0 Å². The highest BCUT2D eigenvalue weighted by molar-refractivity contribution is 7.14. The number of esters is 1. The molecule has 0 spiro atoms. The van der Waals surface area contributed by atoms with Gasteiger partial charge in [0.2, 0.25) is 5.82 Å². The first-order chi connectivity index (χ1) is 13.2. The summed E-state index contributed by atoms with van der Waals surface area (Å²) in [5, 5.41) is 10.8. The summed E-state index contributed by atoms with van der Waals surface area (Å²) < 4.78 is 10.4. The van der Waals surface area contributed by atoms with Gasteiger partial charge in [-0.05, 0) is 23.9 Å². The minimum atomic E-state index is -0.382. The SMILES string of the molecule is Cc1ccccc1-c1noc(COC(=O)Cc2csc(-c3ccsc3)n2)n1. The van der Waals surface area contributed by atoms with Gasteiger partial charge in [-0.1, -0.05) is 29.4 Å². The van der Waals surface area contributed by atoms with Gasteiger partial charge >= 0.3 is 5.97 Å². The molecule has 136 valence electrons. The van der Waals surface area contributed by atoms with Gasteiger partial charge in [-0.3, -0.25) is 4.79 Å². The largest absolute Gasteiger partial charge is 0.455 e. The predicted octanol–water partition coefficient (Wildman–Crippen LogP) is 4.52. The molecule has 0 aliphatic carbocycles. The number of ether oxygens (including phenoxy) is 1. The maximum absolute atomic E-state index is 12.1. The third-order valence-electron chi connectivity index (χ3n) is 3.86. The van der Waals surface area contributed by atoms with Crippen molar-refractivity contribution in [2.45, 2.75) is 20.0 Å². The molecule has 1 aromatic carbocycles. The van der Waals surface area contributed by atoms with E-state index in [2.05, 4.69) is 15.1 Å². The molecule has 0 saturated heterocycles. The number of thiazole rings is 1. The lowest BCUT2D eigenvalue weighted by Gasteiger charge is -2.00. The molecule has 27 heavy (non-hydrogen) atoms. The minimum absolute atomic E-state index is 0.0563. The van der Waals surface area contributed by atoms with E-state index >= 15 is 0 Å². The van der Waals surface area contributed by atoms with Gasteiger partial charge in [0.1, 0.15) is 5.01 Å². The van der Waals surface area contributed by atoms with Gasteiger partial charge in [0.15, 0.2) is 6.61 Å². The van der Waals surface area contributed by atoms with Crippen LogP contribution in [0.5, 0.6) is 0 Å². The molecule has 0 atom stereocenters. The number of benzene rings is 1. The van der Waals surface area contributed by atoms with E-state index in [0.29, 0.717) is 11.5 Å². The minimum Gasteiger partial charge on any atom is -0.455 e. The van der Waals surface area contributed by atoms with E-state index in [1.165, 1.54) is 11.3 Å². The zero-order valence-corrected chi connectivity index (χ0v) is 16.0. The van der Waals surface area contributed by atoms with Crippen LogP contribution in [0.1, 0.15) is 17.1 Å². The third-order valence-corrected chi connectivity index (χ3v) is 5.48. The zero-order chi connectivity index (χ0) is 18.6. The molecule has 0 amide bonds. The van der Waals surface area contributed by atoms with Gasteiger partial charge in [-0.25, -0.2) is 4.98 Å². The first-order valence-electron chi connectivity index (χ1n) is 8.20. The Labute approximate surface area is 163 Å². The number of aryl methyl sites for hydroxylation is 1. The maximum atomic E-state index is 12.1. The number of thiophene rings is 1. The second kappa shape index (κ2) is 7.81. The molecule has 0 saturated carbocycles. The fourth-order valence-electron chi connectivity index (χ4n) is 2.49. The predicted molar refractivity (Wildman–Crippen MR) is 103 cm³/mol. The Morgan fingerprint density at radius 2 is 2.07 bits per heavy atom. The van der Waals surface area contributed by atoms with Gasteiger partial charge in [0, 0.05) is 21.9 Å². The summed E-state index contributed by atoms with van der Waals surface area (Å²) in [6, 6.07) is 9.76. The van der Waals surface area contributed by atoms with Crippen LogP contribution in [0, 0.1) is 6.92 Å². The first-order valence-corrected chi connectivity index (χ1v) is 10.0. The van der Waals surface area contributed by atoms with Gasteiger partial charge in [-0.2, -0.15) is 16.3 Å². The van der Waals surface area contributed by atoms with Crippen LogP contribution < -0.4 is 0 Å². The van der Waals surface area contributed by atoms with E-state index in [1.807, 2.05) is 53.4 Å². The molecular formula is C19H15N3O3S2. The van der Waals surface area contributed by atoms with E-state index < -0.39 is 0 Å². The number of rotatable bonds is 6. The zero-order valence-electron chi connectivity index (χ0n) is 14.4. The summed E-state index contributed by atoms with van der Waals surface area (Å²) in [5.41, 5.74) is 3.70. The molecule has 3 aromatic heterocycles. The number of aromatic nitrogens is 3. The van der Waals surface area contributed by atoms with Crippen molar-refractivity contribution in [2.24, 2.45) is 0 Å². The summed E-state index contributed by atoms with van der Waals surface area (Å²) >= 11 is 3.13. The van der Waals surface area contributed by atoms with E-state index in [0.717, 1.165) is 21.7 Å². The van der Waals surface area contributed by atoms with Crippen LogP contribution in [-0.4, -0.2) is 21.1 Å². The molecule has 0 aliphatic heterocycles. The van der Waals surface area contributed by atoms with Crippen LogP contribution in [0.4, 0.5) is 0 Å².